The number of nitrogens with zero attached hydrogens (tertiary/aromatic N) is 2. The zero-order chi connectivity index (χ0) is 11.3. The van der Waals surface area contributed by atoms with E-state index in [-0.39, 0.29) is 5.84 Å². The number of amidine groups is 1. The number of nitrogens with two attached hydrogens (primary N) is 3. The topological polar surface area (TPSA) is 127 Å². The van der Waals surface area contributed by atoms with Crippen molar-refractivity contribution in [2.75, 3.05) is 0 Å². The molecule has 80 valence electrons. The molecular weight excluding hydrogens is 194 g/mol. The van der Waals surface area contributed by atoms with E-state index in [9.17, 15) is 0 Å². The Morgan fingerprint density at radius 2 is 2.27 bits per heavy atom. The Hall–Kier alpha value is -2.28. The molecule has 0 aromatic carbocycles. The Morgan fingerprint density at radius 1 is 1.53 bits per heavy atom. The van der Waals surface area contributed by atoms with Crippen molar-refractivity contribution in [3.8, 4) is 0 Å². The molecule has 1 aliphatic rings. The van der Waals surface area contributed by atoms with Crippen molar-refractivity contribution in [1.82, 2.24) is 10.7 Å². The van der Waals surface area contributed by atoms with Crippen LogP contribution in [0.3, 0.4) is 0 Å². The quantitative estimate of drug-likeness (QED) is 0.168. The first kappa shape index (κ1) is 10.8. The minimum absolute atomic E-state index is 0.179. The number of hydrogen-bond acceptors (Lipinski definition) is 6. The molecule has 0 unspecified atom stereocenters. The van der Waals surface area contributed by atoms with Gasteiger partial charge in [0.25, 0.3) is 0 Å². The molecule has 0 amide bonds. The summed E-state index contributed by atoms with van der Waals surface area (Å²) in [4.78, 5) is 3.70. The van der Waals surface area contributed by atoms with Crippen LogP contribution in [0, 0.1) is 0 Å². The fourth-order valence-corrected chi connectivity index (χ4v) is 1.11. The molecule has 0 aromatic rings. The highest BCUT2D eigenvalue weighted by atomic mass is 15.3. The van der Waals surface area contributed by atoms with E-state index < -0.39 is 0 Å². The fraction of sp³-hybridized carbons (Fsp3) is 0. The molecule has 0 aliphatic carbocycles. The molecule has 7 nitrogen and oxygen atoms in total. The fourth-order valence-electron chi connectivity index (χ4n) is 1.11. The second-order valence-electron chi connectivity index (χ2n) is 2.62. The molecule has 0 bridgehead atoms. The second-order valence-corrected chi connectivity index (χ2v) is 2.62. The van der Waals surface area contributed by atoms with Crippen molar-refractivity contribution in [1.29, 1.82) is 0 Å². The van der Waals surface area contributed by atoms with Gasteiger partial charge in [-0.05, 0) is 18.9 Å². The summed E-state index contributed by atoms with van der Waals surface area (Å²) in [6.07, 6.45) is 5.19. The van der Waals surface area contributed by atoms with E-state index in [4.69, 9.17) is 17.4 Å². The highest BCUT2D eigenvalue weighted by Crippen LogP contribution is 2.14. The number of nitrogens with one attached hydrogen (secondary N) is 2. The van der Waals surface area contributed by atoms with Crippen molar-refractivity contribution in [3.63, 3.8) is 0 Å². The summed E-state index contributed by atoms with van der Waals surface area (Å²) < 4.78 is 0. The number of dihydropyridines is 1. The van der Waals surface area contributed by atoms with Gasteiger partial charge in [-0.3, -0.25) is 0 Å². The van der Waals surface area contributed by atoms with E-state index in [1.165, 1.54) is 0 Å². The Balaban J connectivity index is 3.21. The highest BCUT2D eigenvalue weighted by molar-refractivity contribution is 6.01. The summed E-state index contributed by atoms with van der Waals surface area (Å²) in [5.74, 6) is 10.9. The number of hydrazone groups is 1. The lowest BCUT2D eigenvalue weighted by molar-refractivity contribution is 0.832. The molecule has 0 fully saturated rings. The standard InChI is InChI=1S/C8H13N7/c1-12-8(15-11)6-5(7(9)14-10)3-2-4-13-6/h2-4,13,15H,1,10-11H2,(H2,9,14)/b8-6-. The van der Waals surface area contributed by atoms with Crippen LogP contribution in [0.2, 0.25) is 0 Å². The predicted octanol–water partition coefficient (Wildman–Crippen LogP) is -1.41. The van der Waals surface area contributed by atoms with Crippen LogP contribution in [-0.4, -0.2) is 12.6 Å². The maximum atomic E-state index is 5.60. The minimum Gasteiger partial charge on any atom is -0.382 e. The van der Waals surface area contributed by atoms with Crippen LogP contribution >= 0.6 is 0 Å². The molecule has 8 N–H and O–H groups in total. The maximum Gasteiger partial charge on any atom is 0.164 e. The van der Waals surface area contributed by atoms with Crippen LogP contribution in [0.1, 0.15) is 0 Å². The van der Waals surface area contributed by atoms with Crippen LogP contribution < -0.4 is 28.2 Å². The SMILES string of the molecule is C=N/C(NN)=C1/NC=CC=C1C(N)=NN. The van der Waals surface area contributed by atoms with Gasteiger partial charge < -0.3 is 22.3 Å². The molecule has 0 saturated carbocycles. The van der Waals surface area contributed by atoms with Gasteiger partial charge in [0.1, 0.15) is 0 Å². The first-order chi connectivity index (χ1) is 7.24. The van der Waals surface area contributed by atoms with Crippen molar-refractivity contribution < 1.29 is 0 Å². The molecule has 0 atom stereocenters. The molecule has 0 radical (unpaired) electrons. The van der Waals surface area contributed by atoms with Crippen LogP contribution in [0.25, 0.3) is 0 Å². The molecule has 7 heteroatoms. The largest absolute Gasteiger partial charge is 0.382 e. The molecule has 0 saturated heterocycles. The lowest BCUT2D eigenvalue weighted by Crippen LogP contribution is -2.30. The van der Waals surface area contributed by atoms with Gasteiger partial charge in [0.2, 0.25) is 0 Å². The summed E-state index contributed by atoms with van der Waals surface area (Å²) in [7, 11) is 0. The van der Waals surface area contributed by atoms with E-state index in [2.05, 4.69) is 27.6 Å². The number of aliphatic imine (C=N–C) groups is 1. The van der Waals surface area contributed by atoms with Crippen molar-refractivity contribution in [2.45, 2.75) is 0 Å². The summed E-state index contributed by atoms with van der Waals surface area (Å²) in [5.41, 5.74) is 9.16. The third-order valence-electron chi connectivity index (χ3n) is 1.80. The van der Waals surface area contributed by atoms with Gasteiger partial charge in [0.15, 0.2) is 11.7 Å². The van der Waals surface area contributed by atoms with Gasteiger partial charge >= 0.3 is 0 Å². The Morgan fingerprint density at radius 3 is 2.80 bits per heavy atom. The van der Waals surface area contributed by atoms with Gasteiger partial charge in [-0.25, -0.2) is 10.8 Å². The summed E-state index contributed by atoms with van der Waals surface area (Å²) >= 11 is 0. The normalized spacial score (nSPS) is 19.0. The minimum atomic E-state index is 0.179. The number of allylic oxidation sites excluding steroid dienone is 2. The first-order valence-electron chi connectivity index (χ1n) is 4.09. The monoisotopic (exact) mass is 207 g/mol. The van der Waals surface area contributed by atoms with Crippen molar-refractivity contribution >= 4 is 12.6 Å². The average molecular weight is 207 g/mol. The summed E-state index contributed by atoms with van der Waals surface area (Å²) in [6.45, 7) is 3.37. The number of rotatable bonds is 3. The molecule has 1 rings (SSSR count). The molecule has 1 heterocycles. The van der Waals surface area contributed by atoms with E-state index in [1.807, 2.05) is 0 Å². The van der Waals surface area contributed by atoms with Crippen molar-refractivity contribution in [3.05, 3.63) is 35.4 Å². The number of hydrazine groups is 1. The summed E-state index contributed by atoms with van der Waals surface area (Å²) in [6, 6.07) is 0. The zero-order valence-corrected chi connectivity index (χ0v) is 8.07. The average Bonchev–Trinajstić information content (AvgIpc) is 2.30. The predicted molar refractivity (Wildman–Crippen MR) is 60.1 cm³/mol. The van der Waals surface area contributed by atoms with Gasteiger partial charge in [0.05, 0.1) is 5.70 Å². The molecular formula is C8H13N7. The molecule has 1 aliphatic heterocycles. The molecule has 0 aromatic heterocycles. The second kappa shape index (κ2) is 4.82. The Labute approximate surface area is 87.1 Å². The van der Waals surface area contributed by atoms with Gasteiger partial charge in [-0.15, -0.1) is 0 Å². The first-order valence-corrected chi connectivity index (χ1v) is 4.09. The third-order valence-corrected chi connectivity index (χ3v) is 1.80. The van der Waals surface area contributed by atoms with E-state index in [0.29, 0.717) is 17.1 Å². The van der Waals surface area contributed by atoms with E-state index in [0.717, 1.165) is 0 Å². The van der Waals surface area contributed by atoms with E-state index in [1.54, 1.807) is 18.4 Å². The van der Waals surface area contributed by atoms with Gasteiger partial charge in [-0.2, -0.15) is 5.10 Å². The third kappa shape index (κ3) is 2.15. The maximum absolute atomic E-state index is 5.60. The lowest BCUT2D eigenvalue weighted by Gasteiger charge is -2.16. The summed E-state index contributed by atoms with van der Waals surface area (Å²) in [5, 5.41) is 6.33. The van der Waals surface area contributed by atoms with Crippen LogP contribution in [0.5, 0.6) is 0 Å². The van der Waals surface area contributed by atoms with E-state index >= 15 is 0 Å². The van der Waals surface area contributed by atoms with Gasteiger partial charge in [0, 0.05) is 11.8 Å². The number of hydrogen-bond donors (Lipinski definition) is 5. The molecule has 15 heavy (non-hydrogen) atoms. The van der Waals surface area contributed by atoms with Crippen LogP contribution in [0.4, 0.5) is 0 Å². The Bertz CT molecular complexity index is 374. The smallest absolute Gasteiger partial charge is 0.164 e. The Kier molecular flexibility index (Phi) is 3.47. The lowest BCUT2D eigenvalue weighted by atomic mass is 10.1. The van der Waals surface area contributed by atoms with Crippen molar-refractivity contribution in [2.24, 2.45) is 27.5 Å². The molecule has 0 spiro atoms. The van der Waals surface area contributed by atoms with Crippen LogP contribution in [0.15, 0.2) is 45.5 Å². The van der Waals surface area contributed by atoms with Crippen LogP contribution in [-0.2, 0) is 0 Å². The zero-order valence-electron chi connectivity index (χ0n) is 8.07. The highest BCUT2D eigenvalue weighted by Gasteiger charge is 2.14. The van der Waals surface area contributed by atoms with Gasteiger partial charge in [-0.1, -0.05) is 0 Å².